The number of pyridine rings is 1. The molecular formula is C13H16Br2N4O. The predicted molar refractivity (Wildman–Crippen MR) is 84.2 cm³/mol. The lowest BCUT2D eigenvalue weighted by molar-refractivity contribution is 0.300. The Morgan fingerprint density at radius 1 is 1.25 bits per heavy atom. The average molecular weight is 404 g/mol. The van der Waals surface area contributed by atoms with Gasteiger partial charge < -0.3 is 10.3 Å². The van der Waals surface area contributed by atoms with E-state index < -0.39 is 0 Å². The summed E-state index contributed by atoms with van der Waals surface area (Å²) in [7, 11) is 0. The molecule has 0 fully saturated rings. The molecule has 2 rings (SSSR count). The largest absolute Gasteiger partial charge is 0.339 e. The van der Waals surface area contributed by atoms with Crippen LogP contribution in [0.2, 0.25) is 0 Å². The Morgan fingerprint density at radius 2 is 1.95 bits per heavy atom. The van der Waals surface area contributed by atoms with Gasteiger partial charge >= 0.3 is 0 Å². The summed E-state index contributed by atoms with van der Waals surface area (Å²) in [6.45, 7) is 6.12. The van der Waals surface area contributed by atoms with Gasteiger partial charge in [0.05, 0.1) is 5.92 Å². The molecule has 0 radical (unpaired) electrons. The van der Waals surface area contributed by atoms with E-state index in [2.05, 4.69) is 60.8 Å². The van der Waals surface area contributed by atoms with Crippen LogP contribution in [0.25, 0.3) is 11.5 Å². The molecule has 0 bridgehead atoms. The third-order valence-corrected chi connectivity index (χ3v) is 4.07. The van der Waals surface area contributed by atoms with Crippen molar-refractivity contribution in [2.45, 2.75) is 32.7 Å². The zero-order valence-corrected chi connectivity index (χ0v) is 14.6. The second kappa shape index (κ2) is 6.32. The first-order chi connectivity index (χ1) is 9.40. The summed E-state index contributed by atoms with van der Waals surface area (Å²) in [5.74, 6) is 1.38. The Labute approximate surface area is 134 Å². The lowest BCUT2D eigenvalue weighted by Crippen LogP contribution is -2.28. The Kier molecular flexibility index (Phi) is 4.93. The van der Waals surface area contributed by atoms with Crippen LogP contribution in [0, 0.1) is 5.92 Å². The van der Waals surface area contributed by atoms with Gasteiger partial charge in [0.1, 0.15) is 5.69 Å². The fourth-order valence-electron chi connectivity index (χ4n) is 2.16. The molecule has 0 saturated carbocycles. The van der Waals surface area contributed by atoms with E-state index in [9.17, 15) is 0 Å². The highest BCUT2D eigenvalue weighted by molar-refractivity contribution is 9.11. The number of nitrogens with zero attached hydrogens (tertiary/aromatic N) is 3. The van der Waals surface area contributed by atoms with Crippen LogP contribution in [-0.4, -0.2) is 21.2 Å². The molecule has 2 N–H and O–H groups in total. The van der Waals surface area contributed by atoms with Crippen molar-refractivity contribution in [3.8, 4) is 11.5 Å². The molecule has 2 unspecified atom stereocenters. The van der Waals surface area contributed by atoms with Crippen LogP contribution in [0.5, 0.6) is 0 Å². The van der Waals surface area contributed by atoms with Gasteiger partial charge in [0.25, 0.3) is 0 Å². The van der Waals surface area contributed by atoms with Crippen molar-refractivity contribution in [3.05, 3.63) is 27.1 Å². The fourth-order valence-corrected chi connectivity index (χ4v) is 3.33. The Balaban J connectivity index is 2.37. The van der Waals surface area contributed by atoms with Crippen LogP contribution in [0.3, 0.4) is 0 Å². The summed E-state index contributed by atoms with van der Waals surface area (Å²) in [4.78, 5) is 8.75. The molecule has 5 nitrogen and oxygen atoms in total. The molecule has 0 spiro atoms. The van der Waals surface area contributed by atoms with Crippen LogP contribution in [0.4, 0.5) is 0 Å². The van der Waals surface area contributed by atoms with Crippen molar-refractivity contribution in [1.29, 1.82) is 0 Å². The quantitative estimate of drug-likeness (QED) is 0.840. The number of hydrogen-bond donors (Lipinski definition) is 1. The fraction of sp³-hybridized carbons (Fsp3) is 0.462. The third-order valence-electron chi connectivity index (χ3n) is 3.03. The van der Waals surface area contributed by atoms with E-state index in [1.165, 1.54) is 0 Å². The lowest BCUT2D eigenvalue weighted by atomic mass is 9.90. The predicted octanol–water partition coefficient (Wildman–Crippen LogP) is 3.74. The summed E-state index contributed by atoms with van der Waals surface area (Å²) in [6, 6.07) is 1.84. The Morgan fingerprint density at radius 3 is 2.50 bits per heavy atom. The molecule has 7 heteroatoms. The average Bonchev–Trinajstić information content (AvgIpc) is 2.76. The smallest absolute Gasteiger partial charge is 0.231 e. The number of hydrogen-bond acceptors (Lipinski definition) is 5. The van der Waals surface area contributed by atoms with E-state index in [0.29, 0.717) is 23.3 Å². The van der Waals surface area contributed by atoms with Gasteiger partial charge in [0, 0.05) is 21.2 Å². The van der Waals surface area contributed by atoms with Crippen LogP contribution in [-0.2, 0) is 0 Å². The van der Waals surface area contributed by atoms with Crippen LogP contribution < -0.4 is 5.73 Å². The molecule has 0 aliphatic carbocycles. The van der Waals surface area contributed by atoms with Crippen LogP contribution in [0.15, 0.2) is 25.7 Å². The Hall–Kier alpha value is -0.790. The molecular weight excluding hydrogens is 388 g/mol. The summed E-state index contributed by atoms with van der Waals surface area (Å²) in [5.41, 5.74) is 6.66. The van der Waals surface area contributed by atoms with Gasteiger partial charge in [-0.05, 0) is 50.8 Å². The molecule has 108 valence electrons. The summed E-state index contributed by atoms with van der Waals surface area (Å²) in [6.07, 6.45) is 1.70. The van der Waals surface area contributed by atoms with E-state index in [4.69, 9.17) is 10.3 Å². The molecule has 0 aliphatic heterocycles. The second-order valence-corrected chi connectivity index (χ2v) is 6.84. The van der Waals surface area contributed by atoms with Crippen molar-refractivity contribution in [1.82, 2.24) is 15.1 Å². The molecule has 2 aromatic heterocycles. The standard InChI is InChI=1S/C13H16Br2N4O/c1-6(2)10(7(3)16)13-18-12(19-20-13)11-9(15)4-8(14)5-17-11/h4-7,10H,16H2,1-3H3. The first-order valence-corrected chi connectivity index (χ1v) is 7.89. The van der Waals surface area contributed by atoms with E-state index >= 15 is 0 Å². The van der Waals surface area contributed by atoms with Gasteiger partial charge in [-0.15, -0.1) is 0 Å². The molecule has 2 aromatic rings. The van der Waals surface area contributed by atoms with Crippen molar-refractivity contribution in [2.75, 3.05) is 0 Å². The minimum Gasteiger partial charge on any atom is -0.339 e. The number of nitrogens with two attached hydrogens (primary N) is 1. The highest BCUT2D eigenvalue weighted by Gasteiger charge is 2.27. The van der Waals surface area contributed by atoms with Crippen LogP contribution >= 0.6 is 31.9 Å². The van der Waals surface area contributed by atoms with Gasteiger partial charge in [-0.3, -0.25) is 4.98 Å². The highest BCUT2D eigenvalue weighted by atomic mass is 79.9. The molecule has 2 atom stereocenters. The number of halogens is 2. The molecule has 0 aliphatic rings. The van der Waals surface area contributed by atoms with E-state index in [-0.39, 0.29) is 12.0 Å². The zero-order valence-electron chi connectivity index (χ0n) is 11.5. The van der Waals surface area contributed by atoms with Crippen molar-refractivity contribution >= 4 is 31.9 Å². The maximum atomic E-state index is 6.01. The zero-order chi connectivity index (χ0) is 14.9. The molecule has 20 heavy (non-hydrogen) atoms. The molecule has 2 heterocycles. The van der Waals surface area contributed by atoms with Gasteiger partial charge in [-0.25, -0.2) is 0 Å². The van der Waals surface area contributed by atoms with Gasteiger partial charge in [-0.2, -0.15) is 4.98 Å². The molecule has 0 aromatic carbocycles. The highest BCUT2D eigenvalue weighted by Crippen LogP contribution is 2.30. The number of rotatable bonds is 4. The Bertz CT molecular complexity index is 590. The second-order valence-electron chi connectivity index (χ2n) is 5.07. The monoisotopic (exact) mass is 402 g/mol. The van der Waals surface area contributed by atoms with Crippen LogP contribution in [0.1, 0.15) is 32.6 Å². The van der Waals surface area contributed by atoms with E-state index in [1.54, 1.807) is 6.20 Å². The first-order valence-electron chi connectivity index (χ1n) is 6.30. The van der Waals surface area contributed by atoms with Gasteiger partial charge in [-0.1, -0.05) is 19.0 Å². The van der Waals surface area contributed by atoms with Gasteiger partial charge in [0.15, 0.2) is 0 Å². The lowest BCUT2D eigenvalue weighted by Gasteiger charge is -2.20. The minimum atomic E-state index is -0.0513. The SMILES string of the molecule is CC(C)C(c1nc(-c2ncc(Br)cc2Br)no1)C(C)N. The normalized spacial score (nSPS) is 14.6. The first kappa shape index (κ1) is 15.6. The summed E-state index contributed by atoms with van der Waals surface area (Å²) < 4.78 is 7.06. The molecule has 0 saturated heterocycles. The van der Waals surface area contributed by atoms with Gasteiger partial charge in [0.2, 0.25) is 11.7 Å². The third kappa shape index (κ3) is 3.27. The van der Waals surface area contributed by atoms with Crippen molar-refractivity contribution in [3.63, 3.8) is 0 Å². The minimum absolute atomic E-state index is 0.0328. The topological polar surface area (TPSA) is 77.8 Å². The maximum Gasteiger partial charge on any atom is 0.231 e. The van der Waals surface area contributed by atoms with Crippen molar-refractivity contribution in [2.24, 2.45) is 11.7 Å². The number of aromatic nitrogens is 3. The maximum absolute atomic E-state index is 6.01. The summed E-state index contributed by atoms with van der Waals surface area (Å²) >= 11 is 6.81. The summed E-state index contributed by atoms with van der Waals surface area (Å²) in [5, 5.41) is 4.01. The van der Waals surface area contributed by atoms with Crippen molar-refractivity contribution < 1.29 is 4.52 Å². The van der Waals surface area contributed by atoms with E-state index in [0.717, 1.165) is 8.95 Å². The molecule has 0 amide bonds. The van der Waals surface area contributed by atoms with E-state index in [1.807, 2.05) is 13.0 Å².